The van der Waals surface area contributed by atoms with Crippen molar-refractivity contribution in [3.05, 3.63) is 17.6 Å². The first-order valence-electron chi connectivity index (χ1n) is 7.88. The maximum Gasteiger partial charge on any atom is 0.211 e. The van der Waals surface area contributed by atoms with E-state index in [0.717, 1.165) is 36.7 Å². The smallest absolute Gasteiger partial charge is 0.211 e. The predicted octanol–water partition coefficient (Wildman–Crippen LogP) is 1.52. The van der Waals surface area contributed by atoms with Gasteiger partial charge < -0.3 is 4.90 Å². The second-order valence-electron chi connectivity index (χ2n) is 6.52. The Morgan fingerprint density at radius 1 is 1.27 bits per heavy atom. The van der Waals surface area contributed by atoms with Gasteiger partial charge in [-0.05, 0) is 32.6 Å². The van der Waals surface area contributed by atoms with E-state index >= 15 is 0 Å². The molecule has 2 fully saturated rings. The first-order valence-corrected chi connectivity index (χ1v) is 9.73. The highest BCUT2D eigenvalue weighted by molar-refractivity contribution is 7.88. The SMILES string of the molecule is Cc1cc(N2CCCC(N(C)S(C)(=O)=O)C2)nc(C2CC2)n1. The quantitative estimate of drug-likeness (QED) is 0.840. The number of piperidine rings is 1. The molecule has 2 heterocycles. The Labute approximate surface area is 132 Å². The third-order valence-corrected chi connectivity index (χ3v) is 5.90. The van der Waals surface area contributed by atoms with Crippen molar-refractivity contribution in [2.45, 2.75) is 44.6 Å². The van der Waals surface area contributed by atoms with E-state index in [9.17, 15) is 8.42 Å². The van der Waals surface area contributed by atoms with Gasteiger partial charge in [0.25, 0.3) is 0 Å². The van der Waals surface area contributed by atoms with Gasteiger partial charge in [0.1, 0.15) is 11.6 Å². The largest absolute Gasteiger partial charge is 0.355 e. The second kappa shape index (κ2) is 5.77. The van der Waals surface area contributed by atoms with E-state index in [1.54, 1.807) is 7.05 Å². The maximum atomic E-state index is 11.8. The minimum Gasteiger partial charge on any atom is -0.355 e. The van der Waals surface area contributed by atoms with E-state index in [-0.39, 0.29) is 6.04 Å². The van der Waals surface area contributed by atoms with Crippen LogP contribution in [-0.2, 0) is 10.0 Å². The zero-order chi connectivity index (χ0) is 15.9. The molecule has 3 rings (SSSR count). The Kier molecular flexibility index (Phi) is 4.11. The number of hydrogen-bond donors (Lipinski definition) is 0. The summed E-state index contributed by atoms with van der Waals surface area (Å²) < 4.78 is 25.0. The van der Waals surface area contributed by atoms with Crippen molar-refractivity contribution < 1.29 is 8.42 Å². The number of aryl methyl sites for hydroxylation is 1. The molecule has 122 valence electrons. The average Bonchev–Trinajstić information content (AvgIpc) is 3.29. The third kappa shape index (κ3) is 3.41. The van der Waals surface area contributed by atoms with E-state index in [1.165, 1.54) is 23.4 Å². The average molecular weight is 324 g/mol. The van der Waals surface area contributed by atoms with Crippen molar-refractivity contribution in [1.29, 1.82) is 0 Å². The van der Waals surface area contributed by atoms with Gasteiger partial charge in [-0.1, -0.05) is 0 Å². The number of anilines is 1. The molecule has 0 aromatic carbocycles. The van der Waals surface area contributed by atoms with Crippen LogP contribution in [0, 0.1) is 6.92 Å². The molecule has 0 N–H and O–H groups in total. The van der Waals surface area contributed by atoms with Crippen LogP contribution in [0.15, 0.2) is 6.07 Å². The maximum absolute atomic E-state index is 11.8. The highest BCUT2D eigenvalue weighted by Gasteiger charge is 2.30. The molecule has 1 aromatic heterocycles. The fourth-order valence-electron chi connectivity index (χ4n) is 2.99. The van der Waals surface area contributed by atoms with Crippen molar-refractivity contribution in [1.82, 2.24) is 14.3 Å². The number of aromatic nitrogens is 2. The van der Waals surface area contributed by atoms with Gasteiger partial charge in [0.2, 0.25) is 10.0 Å². The summed E-state index contributed by atoms with van der Waals surface area (Å²) in [6.07, 6.45) is 5.52. The minimum atomic E-state index is -3.15. The lowest BCUT2D eigenvalue weighted by Gasteiger charge is -2.37. The topological polar surface area (TPSA) is 66.4 Å². The van der Waals surface area contributed by atoms with Crippen molar-refractivity contribution >= 4 is 15.8 Å². The molecule has 0 spiro atoms. The molecule has 22 heavy (non-hydrogen) atoms. The summed E-state index contributed by atoms with van der Waals surface area (Å²) in [5, 5.41) is 0. The van der Waals surface area contributed by atoms with E-state index in [1.807, 2.05) is 13.0 Å². The zero-order valence-electron chi connectivity index (χ0n) is 13.5. The molecule has 0 amide bonds. The normalized spacial score (nSPS) is 23.1. The highest BCUT2D eigenvalue weighted by Crippen LogP contribution is 2.38. The molecule has 7 heteroatoms. The Hall–Kier alpha value is -1.21. The van der Waals surface area contributed by atoms with E-state index in [4.69, 9.17) is 4.98 Å². The van der Waals surface area contributed by atoms with E-state index in [0.29, 0.717) is 12.5 Å². The van der Waals surface area contributed by atoms with Crippen molar-refractivity contribution in [3.63, 3.8) is 0 Å². The van der Waals surface area contributed by atoms with Crippen molar-refractivity contribution in [3.8, 4) is 0 Å². The molecule has 1 unspecified atom stereocenters. The summed E-state index contributed by atoms with van der Waals surface area (Å²) in [6, 6.07) is 2.03. The molecule has 2 aliphatic rings. The molecular weight excluding hydrogens is 300 g/mol. The molecule has 0 bridgehead atoms. The molecular formula is C15H24N4O2S. The fourth-order valence-corrected chi connectivity index (χ4v) is 3.70. The number of nitrogens with zero attached hydrogens (tertiary/aromatic N) is 4. The number of hydrogen-bond acceptors (Lipinski definition) is 5. The lowest BCUT2D eigenvalue weighted by atomic mass is 10.1. The highest BCUT2D eigenvalue weighted by atomic mass is 32.2. The summed E-state index contributed by atoms with van der Waals surface area (Å²) in [5.74, 6) is 2.42. The van der Waals surface area contributed by atoms with Crippen molar-refractivity contribution in [2.24, 2.45) is 0 Å². The molecule has 0 radical (unpaired) electrons. The van der Waals surface area contributed by atoms with Crippen LogP contribution in [0.2, 0.25) is 0 Å². The first kappa shape index (κ1) is 15.7. The van der Waals surface area contributed by atoms with Crippen LogP contribution in [-0.4, -0.2) is 55.1 Å². The second-order valence-corrected chi connectivity index (χ2v) is 8.56. The lowest BCUT2D eigenvalue weighted by molar-refractivity contribution is 0.321. The van der Waals surface area contributed by atoms with Gasteiger partial charge in [-0.3, -0.25) is 0 Å². The van der Waals surface area contributed by atoms with Crippen LogP contribution in [0.3, 0.4) is 0 Å². The summed E-state index contributed by atoms with van der Waals surface area (Å²) in [4.78, 5) is 11.5. The summed E-state index contributed by atoms with van der Waals surface area (Å²) in [5.41, 5.74) is 0.991. The Morgan fingerprint density at radius 2 is 2.00 bits per heavy atom. The molecule has 1 aliphatic heterocycles. The number of sulfonamides is 1. The third-order valence-electron chi connectivity index (χ3n) is 4.56. The number of rotatable bonds is 4. The molecule has 1 aliphatic carbocycles. The lowest BCUT2D eigenvalue weighted by Crippen LogP contribution is -2.48. The zero-order valence-corrected chi connectivity index (χ0v) is 14.3. The standard InChI is InChI=1S/C15H24N4O2S/c1-11-9-14(17-15(16-11)12-6-7-12)19-8-4-5-13(10-19)18(2)22(3,20)21/h9,12-13H,4-8,10H2,1-3H3. The first-order chi connectivity index (χ1) is 10.3. The van der Waals surface area contributed by atoms with Gasteiger partial charge in [-0.15, -0.1) is 0 Å². The summed E-state index contributed by atoms with van der Waals surface area (Å²) in [6.45, 7) is 3.62. The fraction of sp³-hybridized carbons (Fsp3) is 0.733. The Bertz CT molecular complexity index is 658. The van der Waals surface area contributed by atoms with Gasteiger partial charge >= 0.3 is 0 Å². The Balaban J connectivity index is 1.80. The van der Waals surface area contributed by atoms with Crippen LogP contribution < -0.4 is 4.90 Å². The molecule has 1 saturated carbocycles. The minimum absolute atomic E-state index is 0.0170. The van der Waals surface area contributed by atoms with Crippen molar-refractivity contribution in [2.75, 3.05) is 31.3 Å². The molecule has 1 saturated heterocycles. The van der Waals surface area contributed by atoms with E-state index < -0.39 is 10.0 Å². The van der Waals surface area contributed by atoms with Gasteiger partial charge in [-0.25, -0.2) is 22.7 Å². The molecule has 1 atom stereocenters. The van der Waals surface area contributed by atoms with Gasteiger partial charge in [-0.2, -0.15) is 0 Å². The van der Waals surface area contributed by atoms with E-state index in [2.05, 4.69) is 9.88 Å². The van der Waals surface area contributed by atoms with Crippen LogP contribution in [0.25, 0.3) is 0 Å². The van der Waals surface area contributed by atoms with Crippen LogP contribution >= 0.6 is 0 Å². The summed E-state index contributed by atoms with van der Waals surface area (Å²) >= 11 is 0. The molecule has 6 nitrogen and oxygen atoms in total. The van der Waals surface area contributed by atoms with Crippen LogP contribution in [0.5, 0.6) is 0 Å². The van der Waals surface area contributed by atoms with Gasteiger partial charge in [0.15, 0.2) is 0 Å². The predicted molar refractivity (Wildman–Crippen MR) is 86.6 cm³/mol. The monoisotopic (exact) mass is 324 g/mol. The summed E-state index contributed by atoms with van der Waals surface area (Å²) in [7, 11) is -1.48. The van der Waals surface area contributed by atoms with Crippen LogP contribution in [0.4, 0.5) is 5.82 Å². The number of likely N-dealkylation sites (N-methyl/N-ethyl adjacent to an activating group) is 1. The van der Waals surface area contributed by atoms with Crippen LogP contribution in [0.1, 0.15) is 43.1 Å². The Morgan fingerprint density at radius 3 is 2.64 bits per heavy atom. The van der Waals surface area contributed by atoms with Gasteiger partial charge in [0, 0.05) is 43.9 Å². The van der Waals surface area contributed by atoms with Gasteiger partial charge in [0.05, 0.1) is 6.26 Å². The molecule has 1 aromatic rings.